The van der Waals surface area contributed by atoms with E-state index in [-0.39, 0.29) is 87.7 Å². The molecule has 7 rings (SSSR count). The first-order valence-electron chi connectivity index (χ1n) is 16.7. The molecule has 0 saturated carbocycles. The maximum Gasteiger partial charge on any atom is 1.00 e. The molecule has 22 nitrogen and oxygen atoms in total. The van der Waals surface area contributed by atoms with Crippen molar-refractivity contribution in [3.63, 3.8) is 0 Å². The van der Waals surface area contributed by atoms with Crippen molar-refractivity contribution in [3.05, 3.63) is 58.3 Å². The number of hydrogen-bond donors (Lipinski definition) is 5. The van der Waals surface area contributed by atoms with Crippen LogP contribution >= 0.6 is 27.0 Å². The Balaban J connectivity index is 0.00000310. The Bertz CT molecular complexity index is 2140. The number of carbonyl (C=O) groups excluding carboxylic acids is 1. The predicted molar refractivity (Wildman–Crippen MR) is 185 cm³/mol. The van der Waals surface area contributed by atoms with Crippen molar-refractivity contribution in [1.82, 2.24) is 24.5 Å². The van der Waals surface area contributed by atoms with Gasteiger partial charge in [-0.05, 0) is 25.8 Å². The zero-order chi connectivity index (χ0) is 39.3. The van der Waals surface area contributed by atoms with Crippen LogP contribution in [0.4, 0.5) is 11.8 Å². The number of benzene rings is 1. The van der Waals surface area contributed by atoms with Crippen LogP contribution in [0, 0.1) is 0 Å². The fraction of sp³-hybridized carbons (Fsp3) is 0.500. The molecule has 10 atom stereocenters. The van der Waals surface area contributed by atoms with E-state index in [1.165, 1.54) is 16.3 Å². The Hall–Kier alpha value is -1.51. The van der Waals surface area contributed by atoms with E-state index >= 15 is 0 Å². The van der Waals surface area contributed by atoms with E-state index in [1.54, 1.807) is 13.8 Å². The summed E-state index contributed by atoms with van der Waals surface area (Å²) in [5.74, 6) is -1.68. The maximum absolute atomic E-state index is 12.7. The summed E-state index contributed by atoms with van der Waals surface area (Å²) >= 11 is 1.07. The van der Waals surface area contributed by atoms with Crippen LogP contribution in [0.1, 0.15) is 47.2 Å². The van der Waals surface area contributed by atoms with Gasteiger partial charge in [-0.1, -0.05) is 30.3 Å². The molecule has 4 aromatic rings. The number of fused-ring (bicyclic) bond motifs is 2. The van der Waals surface area contributed by atoms with Gasteiger partial charge in [0.15, 0.2) is 23.5 Å². The number of hydrogen-bond acceptors (Lipinski definition) is 21. The van der Waals surface area contributed by atoms with Gasteiger partial charge in [0.2, 0.25) is 5.95 Å². The van der Waals surface area contributed by atoms with Crippen molar-refractivity contribution in [1.29, 1.82) is 0 Å². The third-order valence-corrected chi connectivity index (χ3v) is 12.2. The Morgan fingerprint density at radius 2 is 1.67 bits per heavy atom. The number of thiazole rings is 1. The minimum Gasteiger partial charge on any atom is -0.756 e. The third-order valence-electron chi connectivity index (χ3n) is 8.76. The summed E-state index contributed by atoms with van der Waals surface area (Å²) in [6, 6.07) is 9.69. The summed E-state index contributed by atoms with van der Waals surface area (Å²) in [6.45, 7) is 1.99. The van der Waals surface area contributed by atoms with Crippen molar-refractivity contribution >= 4 is 55.8 Å². The van der Waals surface area contributed by atoms with Gasteiger partial charge in [0.05, 0.1) is 19.5 Å². The number of ether oxygens (including phenoxy) is 4. The molecule has 0 bridgehead atoms. The molecule has 0 aliphatic carbocycles. The van der Waals surface area contributed by atoms with Crippen LogP contribution in [0.25, 0.3) is 11.2 Å². The number of aliphatic hydroxyl groups is 2. The second-order valence-corrected chi connectivity index (χ2v) is 17.0. The number of rotatable bonds is 15. The summed E-state index contributed by atoms with van der Waals surface area (Å²) in [6.07, 6.45) is -7.97. The van der Waals surface area contributed by atoms with Gasteiger partial charge in [-0.3, -0.25) is 18.5 Å². The van der Waals surface area contributed by atoms with Crippen molar-refractivity contribution < 1.29 is 125 Å². The first-order chi connectivity index (χ1) is 26.0. The zero-order valence-corrected chi connectivity index (χ0v) is 37.6. The summed E-state index contributed by atoms with van der Waals surface area (Å²) in [7, 11) is -11.3. The predicted octanol–water partition coefficient (Wildman–Crippen LogP) is -6.11. The number of imidazole rings is 1. The number of amides is 1. The molecular formula is C30H36N8Na2O14P2S. The number of nitrogens with zero attached hydrogens (tertiary/aromatic N) is 5. The van der Waals surface area contributed by atoms with Crippen molar-refractivity contribution in [2.24, 2.45) is 5.73 Å². The number of nitrogens with two attached hydrogens (primary N) is 2. The largest absolute Gasteiger partial charge is 1.00 e. The Morgan fingerprint density at radius 3 is 2.33 bits per heavy atom. The van der Waals surface area contributed by atoms with E-state index < -0.39 is 89.5 Å². The van der Waals surface area contributed by atoms with Crippen molar-refractivity contribution in [2.45, 2.75) is 75.0 Å². The number of phosphoric acid groups is 2. The number of primary amides is 1. The van der Waals surface area contributed by atoms with Crippen LogP contribution < -0.4 is 85.7 Å². The number of nitrogen functional groups attached to an aromatic ring is 1. The van der Waals surface area contributed by atoms with Gasteiger partial charge in [-0.15, -0.1) is 11.3 Å². The van der Waals surface area contributed by atoms with Gasteiger partial charge >= 0.3 is 59.1 Å². The molecule has 3 aliphatic heterocycles. The van der Waals surface area contributed by atoms with Gasteiger partial charge in [0, 0.05) is 11.9 Å². The van der Waals surface area contributed by atoms with Crippen LogP contribution in [0.15, 0.2) is 42.0 Å². The van der Waals surface area contributed by atoms with Gasteiger partial charge in [0.25, 0.3) is 21.6 Å². The van der Waals surface area contributed by atoms with Gasteiger partial charge < -0.3 is 64.8 Å². The van der Waals surface area contributed by atoms with Gasteiger partial charge in [-0.25, -0.2) is 14.3 Å². The molecule has 1 amide bonds. The SMILES string of the molecule is CC1(C)O[C@@H]2[C@H](O1)[C@@H](COP(=O)([O-])OP(=O)([O-])OC[C@H]1O[C@@H](n3cnc4c(N)nc(NCCc5ccccc5)nc43)[C@H](O)[C@@H]1O)O[C@H]2c1nc(C(N)=O)cs1.[Na+].[Na+]. The average molecular weight is 873 g/mol. The van der Waals surface area contributed by atoms with E-state index in [0.29, 0.717) is 18.0 Å². The molecule has 1 aromatic carbocycles. The van der Waals surface area contributed by atoms with Crippen LogP contribution in [0.3, 0.4) is 0 Å². The van der Waals surface area contributed by atoms with E-state index in [9.17, 15) is 33.9 Å². The molecule has 3 saturated heterocycles. The Labute approximate surface area is 372 Å². The molecule has 0 spiro atoms. The smallest absolute Gasteiger partial charge is 0.756 e. The average Bonchev–Trinajstić information content (AvgIpc) is 3.93. The number of phosphoric ester groups is 2. The molecule has 2 unspecified atom stereocenters. The quantitative estimate of drug-likeness (QED) is 0.0548. The van der Waals surface area contributed by atoms with E-state index in [2.05, 4.69) is 29.6 Å². The first-order valence-corrected chi connectivity index (χ1v) is 20.5. The monoisotopic (exact) mass is 872 g/mol. The molecule has 0 radical (unpaired) electrons. The van der Waals surface area contributed by atoms with E-state index in [0.717, 1.165) is 16.9 Å². The van der Waals surface area contributed by atoms with Gasteiger partial charge in [-0.2, -0.15) is 9.97 Å². The fourth-order valence-electron chi connectivity index (χ4n) is 6.31. The number of aliphatic hydroxyl groups excluding tert-OH is 2. The number of anilines is 2. The molecule has 298 valence electrons. The minimum absolute atomic E-state index is 0. The molecule has 27 heteroatoms. The molecular weight excluding hydrogens is 836 g/mol. The molecule has 6 heterocycles. The van der Waals surface area contributed by atoms with Gasteiger partial charge in [0.1, 0.15) is 58.9 Å². The Kier molecular flexibility index (Phi) is 15.2. The summed E-state index contributed by atoms with van der Waals surface area (Å²) < 4.78 is 63.9. The first kappa shape index (κ1) is 46.6. The Morgan fingerprint density at radius 1 is 1.00 bits per heavy atom. The summed E-state index contributed by atoms with van der Waals surface area (Å²) in [4.78, 5) is 53.9. The van der Waals surface area contributed by atoms with Crippen LogP contribution in [-0.4, -0.2) is 103 Å². The maximum atomic E-state index is 12.7. The summed E-state index contributed by atoms with van der Waals surface area (Å²) in [5.41, 5.74) is 12.8. The molecule has 57 heavy (non-hydrogen) atoms. The van der Waals surface area contributed by atoms with E-state index in [4.69, 9.17) is 39.5 Å². The molecule has 3 fully saturated rings. The van der Waals surface area contributed by atoms with Crippen molar-refractivity contribution in [3.8, 4) is 0 Å². The minimum atomic E-state index is -5.69. The molecule has 3 aliphatic rings. The van der Waals surface area contributed by atoms with Crippen LogP contribution in [0.5, 0.6) is 0 Å². The molecule has 7 N–H and O–H groups in total. The number of nitrogens with one attached hydrogen (secondary N) is 1. The second kappa shape index (κ2) is 18.6. The third kappa shape index (κ3) is 10.7. The topological polar surface area (TPSA) is 323 Å². The second-order valence-electron chi connectivity index (χ2n) is 13.1. The zero-order valence-electron chi connectivity index (χ0n) is 31.0. The van der Waals surface area contributed by atoms with Crippen molar-refractivity contribution in [2.75, 3.05) is 30.8 Å². The van der Waals surface area contributed by atoms with E-state index in [1.807, 2.05) is 30.3 Å². The summed E-state index contributed by atoms with van der Waals surface area (Å²) in [5, 5.41) is 26.4. The standard InChI is InChI=1S/C30H38N8O14P2S.2Na/c1-30(2)50-21-17(48-23(22(21)51-30)27-35-15(12-55-27)25(32)41)11-47-54(44,45)52-53(42,43)46-10-16-19(39)20(40)28(49-16)38-13-34-18-24(31)36-29(37-26(18)38)33-9-8-14-6-4-3-5-7-14;;/h3-7,12-13,16-17,19-23,28,39-40H,8-11H2,1-2H3,(H2,32,41)(H,42,43)(H,44,45)(H3,31,33,36,37);;/q;2*+1/p-2/t16-,17-,19-,20-,21-,22-,23-,28-;;/m1../s1. The van der Waals surface area contributed by atoms with Crippen LogP contribution in [0.2, 0.25) is 0 Å². The fourth-order valence-corrected chi connectivity index (χ4v) is 9.20. The van der Waals surface area contributed by atoms with Crippen LogP contribution in [-0.2, 0) is 47.9 Å². The number of carbonyl (C=O) groups is 1. The normalized spacial score (nSPS) is 28.5. The number of aromatic nitrogens is 5. The molecule has 3 aromatic heterocycles.